The van der Waals surface area contributed by atoms with Gasteiger partial charge < -0.3 is 24.4 Å². The minimum Gasteiger partial charge on any atom is -0.493 e. The van der Waals surface area contributed by atoms with Crippen molar-refractivity contribution in [1.29, 1.82) is 5.26 Å². The highest BCUT2D eigenvalue weighted by Crippen LogP contribution is 2.35. The monoisotopic (exact) mass is 513 g/mol. The number of hydrogen-bond donors (Lipinski definition) is 1. The van der Waals surface area contributed by atoms with Crippen LogP contribution in [0.2, 0.25) is 0 Å². The van der Waals surface area contributed by atoms with Gasteiger partial charge in [0, 0.05) is 44.8 Å². The van der Waals surface area contributed by atoms with Crippen molar-refractivity contribution in [2.75, 3.05) is 63.8 Å². The van der Waals surface area contributed by atoms with Gasteiger partial charge in [-0.1, -0.05) is 36.4 Å². The molecule has 38 heavy (non-hydrogen) atoms. The summed E-state index contributed by atoms with van der Waals surface area (Å²) in [5.74, 6) is 3.08. The van der Waals surface area contributed by atoms with Crippen molar-refractivity contribution in [2.24, 2.45) is 0 Å². The van der Waals surface area contributed by atoms with Crippen LogP contribution in [0.1, 0.15) is 27.8 Å². The molecule has 8 nitrogen and oxygen atoms in total. The quantitative estimate of drug-likeness (QED) is 0.460. The summed E-state index contributed by atoms with van der Waals surface area (Å²) in [5, 5.41) is 13.7. The average Bonchev–Trinajstić information content (AvgIpc) is 2.97. The van der Waals surface area contributed by atoms with Crippen LogP contribution in [-0.4, -0.2) is 63.5 Å². The zero-order valence-corrected chi connectivity index (χ0v) is 22.2. The molecular weight excluding hydrogens is 478 g/mol. The van der Waals surface area contributed by atoms with E-state index in [4.69, 9.17) is 19.2 Å². The Kier molecular flexibility index (Phi) is 8.27. The number of nitrogens with one attached hydrogen (secondary N) is 1. The van der Waals surface area contributed by atoms with Gasteiger partial charge in [0.1, 0.15) is 17.7 Å². The van der Waals surface area contributed by atoms with E-state index >= 15 is 0 Å². The second-order valence-electron chi connectivity index (χ2n) is 9.64. The number of morpholine rings is 1. The zero-order chi connectivity index (χ0) is 26.3. The molecule has 0 atom stereocenters. The highest BCUT2D eigenvalue weighted by atomic mass is 16.5. The number of hydrogen-bond acceptors (Lipinski definition) is 8. The maximum absolute atomic E-state index is 10.2. The number of fused-ring (bicyclic) bond motifs is 1. The van der Waals surface area contributed by atoms with Crippen LogP contribution in [0.5, 0.6) is 11.5 Å². The van der Waals surface area contributed by atoms with Crippen LogP contribution in [-0.2, 0) is 30.7 Å². The lowest BCUT2D eigenvalue weighted by molar-refractivity contribution is 0.122. The number of ether oxygens (including phenoxy) is 3. The average molecular weight is 514 g/mol. The molecule has 3 aromatic rings. The third-order valence-electron chi connectivity index (χ3n) is 7.28. The molecule has 8 heteroatoms. The zero-order valence-electron chi connectivity index (χ0n) is 22.2. The molecule has 0 amide bonds. The number of rotatable bonds is 9. The van der Waals surface area contributed by atoms with Crippen LogP contribution in [0.15, 0.2) is 48.5 Å². The van der Waals surface area contributed by atoms with E-state index in [2.05, 4.69) is 45.5 Å². The number of nitriles is 1. The summed E-state index contributed by atoms with van der Waals surface area (Å²) in [4.78, 5) is 9.85. The summed E-state index contributed by atoms with van der Waals surface area (Å²) in [6.45, 7) is 6.20. The number of anilines is 2. The Hall–Kier alpha value is -3.80. The van der Waals surface area contributed by atoms with Gasteiger partial charge in [0.15, 0.2) is 11.5 Å². The van der Waals surface area contributed by atoms with Crippen molar-refractivity contribution in [3.63, 3.8) is 0 Å². The van der Waals surface area contributed by atoms with E-state index < -0.39 is 0 Å². The van der Waals surface area contributed by atoms with Crippen molar-refractivity contribution >= 4 is 11.6 Å². The fraction of sp³-hybridized carbons (Fsp3) is 0.400. The fourth-order valence-corrected chi connectivity index (χ4v) is 5.30. The first-order valence-electron chi connectivity index (χ1n) is 13.2. The Balaban J connectivity index is 1.39. The maximum atomic E-state index is 10.2. The summed E-state index contributed by atoms with van der Waals surface area (Å²) in [7, 11) is 3.28. The molecular formula is C30H35N5O3. The fourth-order valence-electron chi connectivity index (χ4n) is 5.30. The molecule has 0 bridgehead atoms. The summed E-state index contributed by atoms with van der Waals surface area (Å²) in [6.07, 6.45) is 1.59. The first-order chi connectivity index (χ1) is 18.7. The van der Waals surface area contributed by atoms with Crippen molar-refractivity contribution in [3.8, 4) is 17.6 Å². The lowest BCUT2D eigenvalue weighted by Crippen LogP contribution is -2.39. The molecule has 2 aliphatic heterocycles. The van der Waals surface area contributed by atoms with Gasteiger partial charge in [-0.05, 0) is 41.7 Å². The lowest BCUT2D eigenvalue weighted by Gasteiger charge is -2.35. The minimum absolute atomic E-state index is 0.651. The third-order valence-corrected chi connectivity index (χ3v) is 7.28. The van der Waals surface area contributed by atoms with Crippen LogP contribution >= 0.6 is 0 Å². The van der Waals surface area contributed by atoms with Gasteiger partial charge in [0.05, 0.1) is 33.0 Å². The van der Waals surface area contributed by atoms with Crippen molar-refractivity contribution in [3.05, 3.63) is 76.3 Å². The summed E-state index contributed by atoms with van der Waals surface area (Å²) >= 11 is 0. The minimum atomic E-state index is 0.651. The lowest BCUT2D eigenvalue weighted by atomic mass is 9.94. The first-order valence-corrected chi connectivity index (χ1v) is 13.2. The highest BCUT2D eigenvalue weighted by molar-refractivity contribution is 5.67. The van der Waals surface area contributed by atoms with Gasteiger partial charge in [0.2, 0.25) is 0 Å². The van der Waals surface area contributed by atoms with Gasteiger partial charge in [-0.3, -0.25) is 4.90 Å². The van der Waals surface area contributed by atoms with E-state index in [0.29, 0.717) is 42.6 Å². The van der Waals surface area contributed by atoms with Crippen molar-refractivity contribution in [2.45, 2.75) is 25.9 Å². The molecule has 2 aromatic carbocycles. The Labute approximate surface area is 224 Å². The van der Waals surface area contributed by atoms with Crippen molar-refractivity contribution in [1.82, 2.24) is 9.88 Å². The number of aromatic nitrogens is 1. The molecule has 2 aliphatic rings. The largest absolute Gasteiger partial charge is 0.493 e. The van der Waals surface area contributed by atoms with Crippen molar-refractivity contribution < 1.29 is 14.2 Å². The topological polar surface area (TPSA) is 82.9 Å². The molecule has 0 aliphatic carbocycles. The normalized spacial score (nSPS) is 15.4. The van der Waals surface area contributed by atoms with Crippen LogP contribution in [0.25, 0.3) is 0 Å². The van der Waals surface area contributed by atoms with E-state index in [9.17, 15) is 5.26 Å². The molecule has 5 rings (SSSR count). The molecule has 0 spiro atoms. The van der Waals surface area contributed by atoms with Gasteiger partial charge in [0.25, 0.3) is 0 Å². The van der Waals surface area contributed by atoms with Gasteiger partial charge in [-0.15, -0.1) is 0 Å². The molecule has 0 saturated carbocycles. The summed E-state index contributed by atoms with van der Waals surface area (Å²) < 4.78 is 16.4. The predicted octanol–water partition coefficient (Wildman–Crippen LogP) is 4.02. The number of benzene rings is 2. The van der Waals surface area contributed by atoms with E-state index in [0.717, 1.165) is 62.5 Å². The maximum Gasteiger partial charge on any atom is 0.160 e. The van der Waals surface area contributed by atoms with Gasteiger partial charge >= 0.3 is 0 Å². The van der Waals surface area contributed by atoms with Gasteiger partial charge in [-0.2, -0.15) is 5.26 Å². The van der Waals surface area contributed by atoms with E-state index in [-0.39, 0.29) is 0 Å². The SMILES string of the molecule is COc1ccc(CCNc2nc(N3CCOCC3)c3c(c2C#N)CCN(Cc2ccccc2)C3)cc1OC. The Morgan fingerprint density at radius 1 is 0.974 bits per heavy atom. The number of methoxy groups -OCH3 is 2. The summed E-state index contributed by atoms with van der Waals surface area (Å²) in [5.41, 5.74) is 5.39. The summed E-state index contributed by atoms with van der Waals surface area (Å²) in [6, 6.07) is 19.0. The van der Waals surface area contributed by atoms with E-state index in [1.54, 1.807) is 14.2 Å². The van der Waals surface area contributed by atoms with E-state index in [1.165, 1.54) is 11.1 Å². The molecule has 1 aromatic heterocycles. The Bertz CT molecular complexity index is 1290. The smallest absolute Gasteiger partial charge is 0.160 e. The van der Waals surface area contributed by atoms with E-state index in [1.807, 2.05) is 24.3 Å². The number of pyridine rings is 1. The third kappa shape index (κ3) is 5.69. The van der Waals surface area contributed by atoms with Crippen LogP contribution < -0.4 is 19.7 Å². The second-order valence-corrected chi connectivity index (χ2v) is 9.64. The van der Waals surface area contributed by atoms with Crippen LogP contribution in [0, 0.1) is 11.3 Å². The molecule has 1 N–H and O–H groups in total. The molecule has 1 fully saturated rings. The molecule has 0 radical (unpaired) electrons. The van der Waals surface area contributed by atoms with Crippen LogP contribution in [0.4, 0.5) is 11.6 Å². The second kappa shape index (κ2) is 12.2. The molecule has 0 unspecified atom stereocenters. The molecule has 1 saturated heterocycles. The standard InChI is InChI=1S/C30H35N5O3/c1-36-27-9-8-22(18-28(27)37-2)10-12-32-29-25(19-31)24-11-13-34(20-23-6-4-3-5-7-23)21-26(24)30(33-29)35-14-16-38-17-15-35/h3-9,18H,10-17,20-21H2,1-2H3,(H,32,33). The number of nitrogens with zero attached hydrogens (tertiary/aromatic N) is 4. The first kappa shape index (κ1) is 25.8. The molecule has 198 valence electrons. The highest BCUT2D eigenvalue weighted by Gasteiger charge is 2.28. The molecule has 3 heterocycles. The Morgan fingerprint density at radius 2 is 1.76 bits per heavy atom. The van der Waals surface area contributed by atoms with Gasteiger partial charge in [-0.25, -0.2) is 4.98 Å². The van der Waals surface area contributed by atoms with Crippen LogP contribution in [0.3, 0.4) is 0 Å². The Morgan fingerprint density at radius 3 is 2.50 bits per heavy atom. The predicted molar refractivity (Wildman–Crippen MR) is 148 cm³/mol.